The Hall–Kier alpha value is -0.570. The van der Waals surface area contributed by atoms with Gasteiger partial charge in [-0.3, -0.25) is 4.89 Å². The van der Waals surface area contributed by atoms with E-state index in [1.165, 1.54) is 32.1 Å². The maximum atomic E-state index is 11.3. The summed E-state index contributed by atoms with van der Waals surface area (Å²) in [5.41, 5.74) is -0.421. The molecule has 17 heavy (non-hydrogen) atoms. The summed E-state index contributed by atoms with van der Waals surface area (Å²) in [6, 6.07) is 0. The Kier molecular flexibility index (Phi) is 9.14. The van der Waals surface area contributed by atoms with E-state index in [9.17, 15) is 4.79 Å². The molecule has 0 amide bonds. The summed E-state index contributed by atoms with van der Waals surface area (Å²) in [4.78, 5) is 20.9. The van der Waals surface area contributed by atoms with Crippen molar-refractivity contribution in [3.63, 3.8) is 0 Å². The lowest BCUT2D eigenvalue weighted by Gasteiger charge is -2.16. The second-order valence-electron chi connectivity index (χ2n) is 5.52. The normalized spacial score (nSPS) is 11.5. The molecule has 0 bridgehead atoms. The number of carbonyl (C=O) groups excluding carboxylic acids is 1. The third-order valence-electron chi connectivity index (χ3n) is 2.37. The van der Waals surface area contributed by atoms with Crippen LogP contribution in [0.2, 0.25) is 0 Å². The van der Waals surface area contributed by atoms with Crippen LogP contribution in [0.1, 0.15) is 79.1 Å². The van der Waals surface area contributed by atoms with E-state index in [1.54, 1.807) is 0 Å². The van der Waals surface area contributed by atoms with Crippen molar-refractivity contribution < 1.29 is 14.6 Å². The molecule has 0 aromatic heterocycles. The average molecular weight is 244 g/mol. The van der Waals surface area contributed by atoms with Crippen LogP contribution in [0.3, 0.4) is 0 Å². The van der Waals surface area contributed by atoms with E-state index in [4.69, 9.17) is 9.78 Å². The van der Waals surface area contributed by atoms with Gasteiger partial charge in [-0.15, -0.1) is 0 Å². The third-order valence-corrected chi connectivity index (χ3v) is 2.37. The summed E-state index contributed by atoms with van der Waals surface area (Å²) in [6.45, 7) is 7.78. The monoisotopic (exact) mass is 244 g/mol. The zero-order valence-electron chi connectivity index (χ0n) is 11.9. The van der Waals surface area contributed by atoms with Crippen molar-refractivity contribution in [2.75, 3.05) is 0 Å². The summed E-state index contributed by atoms with van der Waals surface area (Å²) < 4.78 is 0. The van der Waals surface area contributed by atoms with Gasteiger partial charge in [0.2, 0.25) is 0 Å². The number of unbranched alkanes of at least 4 members (excludes halogenated alkanes) is 6. The number of carbonyl (C=O) groups is 1. The molecular weight excluding hydrogens is 216 g/mol. The smallest absolute Gasteiger partial charge is 0.298 e. The molecule has 0 heterocycles. The Labute approximate surface area is 106 Å². The molecule has 0 rings (SSSR count). The highest BCUT2D eigenvalue weighted by atomic mass is 17.2. The van der Waals surface area contributed by atoms with Crippen LogP contribution in [0.15, 0.2) is 0 Å². The number of hydrogen-bond donors (Lipinski definition) is 0. The summed E-state index contributed by atoms with van der Waals surface area (Å²) in [7, 11) is 0. The van der Waals surface area contributed by atoms with Crippen molar-refractivity contribution in [2.24, 2.45) is 0 Å². The maximum Gasteiger partial charge on any atom is 0.342 e. The third kappa shape index (κ3) is 13.4. The standard InChI is InChI=1S/C14H28O3/c1-5-6-7-8-9-10-11-12-13(15)16-17-14(2,3)4/h5-12H2,1-4H3. The fourth-order valence-corrected chi connectivity index (χ4v) is 1.44. The van der Waals surface area contributed by atoms with Gasteiger partial charge in [0.15, 0.2) is 0 Å². The van der Waals surface area contributed by atoms with Crippen LogP contribution in [0.5, 0.6) is 0 Å². The van der Waals surface area contributed by atoms with Crippen molar-refractivity contribution in [1.29, 1.82) is 0 Å². The molecule has 0 aromatic rings. The van der Waals surface area contributed by atoms with Gasteiger partial charge in [-0.05, 0) is 27.2 Å². The van der Waals surface area contributed by atoms with Crippen molar-refractivity contribution in [1.82, 2.24) is 0 Å². The Bertz CT molecular complexity index is 194. The van der Waals surface area contributed by atoms with Crippen LogP contribution in [0.25, 0.3) is 0 Å². The predicted molar refractivity (Wildman–Crippen MR) is 69.5 cm³/mol. The van der Waals surface area contributed by atoms with Gasteiger partial charge in [0, 0.05) is 6.42 Å². The van der Waals surface area contributed by atoms with Crippen molar-refractivity contribution in [3.8, 4) is 0 Å². The van der Waals surface area contributed by atoms with E-state index in [1.807, 2.05) is 20.8 Å². The predicted octanol–water partition coefficient (Wildman–Crippen LogP) is 4.40. The van der Waals surface area contributed by atoms with Gasteiger partial charge >= 0.3 is 5.97 Å². The molecule has 3 nitrogen and oxygen atoms in total. The highest BCUT2D eigenvalue weighted by Gasteiger charge is 2.14. The topological polar surface area (TPSA) is 35.5 Å². The minimum absolute atomic E-state index is 0.256. The molecule has 0 aromatic carbocycles. The summed E-state index contributed by atoms with van der Waals surface area (Å²) in [5, 5.41) is 0. The zero-order valence-corrected chi connectivity index (χ0v) is 11.9. The van der Waals surface area contributed by atoms with Gasteiger partial charge < -0.3 is 0 Å². The maximum absolute atomic E-state index is 11.3. The van der Waals surface area contributed by atoms with Crippen LogP contribution in [0, 0.1) is 0 Å². The summed E-state index contributed by atoms with van der Waals surface area (Å²) in [6.07, 6.45) is 8.87. The van der Waals surface area contributed by atoms with Crippen LogP contribution >= 0.6 is 0 Å². The molecule has 102 valence electrons. The van der Waals surface area contributed by atoms with Gasteiger partial charge in [-0.1, -0.05) is 45.4 Å². The first-order valence-corrected chi connectivity index (χ1v) is 6.84. The second kappa shape index (κ2) is 9.46. The summed E-state index contributed by atoms with van der Waals surface area (Å²) in [5.74, 6) is -0.256. The molecule has 0 N–H and O–H groups in total. The Morgan fingerprint density at radius 3 is 2.00 bits per heavy atom. The minimum Gasteiger partial charge on any atom is -0.298 e. The van der Waals surface area contributed by atoms with Gasteiger partial charge in [0.1, 0.15) is 5.60 Å². The molecular formula is C14H28O3. The Morgan fingerprint density at radius 1 is 0.941 bits per heavy atom. The molecule has 0 aliphatic rings. The molecule has 0 spiro atoms. The van der Waals surface area contributed by atoms with Crippen molar-refractivity contribution in [3.05, 3.63) is 0 Å². The number of hydrogen-bond acceptors (Lipinski definition) is 3. The molecule has 0 saturated carbocycles. The van der Waals surface area contributed by atoms with Crippen LogP contribution in [-0.2, 0) is 14.6 Å². The van der Waals surface area contributed by atoms with E-state index in [-0.39, 0.29) is 5.97 Å². The van der Waals surface area contributed by atoms with Gasteiger partial charge in [0.25, 0.3) is 0 Å². The molecule has 0 fully saturated rings. The quantitative estimate of drug-likeness (QED) is 0.342. The number of rotatable bonds is 9. The molecule has 3 heteroatoms. The second-order valence-corrected chi connectivity index (χ2v) is 5.52. The van der Waals surface area contributed by atoms with Gasteiger partial charge in [-0.25, -0.2) is 4.79 Å². The Morgan fingerprint density at radius 2 is 1.47 bits per heavy atom. The molecule has 0 unspecified atom stereocenters. The van der Waals surface area contributed by atoms with Crippen molar-refractivity contribution >= 4 is 5.97 Å². The zero-order chi connectivity index (χ0) is 13.1. The van der Waals surface area contributed by atoms with E-state index in [0.717, 1.165) is 12.8 Å². The minimum atomic E-state index is -0.421. The van der Waals surface area contributed by atoms with Crippen molar-refractivity contribution in [2.45, 2.75) is 84.7 Å². The first-order valence-electron chi connectivity index (χ1n) is 6.84. The van der Waals surface area contributed by atoms with E-state index in [0.29, 0.717) is 6.42 Å². The fraction of sp³-hybridized carbons (Fsp3) is 0.929. The van der Waals surface area contributed by atoms with Crippen LogP contribution in [-0.4, -0.2) is 11.6 Å². The lowest BCUT2D eigenvalue weighted by molar-refractivity contribution is -0.320. The van der Waals surface area contributed by atoms with Crippen LogP contribution < -0.4 is 0 Å². The molecule has 0 radical (unpaired) electrons. The molecule has 0 aliphatic heterocycles. The lowest BCUT2D eigenvalue weighted by atomic mass is 10.1. The molecule has 0 atom stereocenters. The van der Waals surface area contributed by atoms with Gasteiger partial charge in [-0.2, -0.15) is 4.89 Å². The lowest BCUT2D eigenvalue weighted by Crippen LogP contribution is -2.21. The van der Waals surface area contributed by atoms with E-state index in [2.05, 4.69) is 6.92 Å². The highest BCUT2D eigenvalue weighted by Crippen LogP contribution is 2.11. The van der Waals surface area contributed by atoms with E-state index >= 15 is 0 Å². The molecule has 0 saturated heterocycles. The SMILES string of the molecule is CCCCCCCCCC(=O)OOC(C)(C)C. The highest BCUT2D eigenvalue weighted by molar-refractivity contribution is 5.68. The largest absolute Gasteiger partial charge is 0.342 e. The van der Waals surface area contributed by atoms with E-state index < -0.39 is 5.60 Å². The first kappa shape index (κ1) is 16.4. The average Bonchev–Trinajstić information content (AvgIpc) is 2.24. The molecule has 0 aliphatic carbocycles. The first-order chi connectivity index (χ1) is 7.95. The summed E-state index contributed by atoms with van der Waals surface area (Å²) >= 11 is 0. The Balaban J connectivity index is 3.28. The fourth-order valence-electron chi connectivity index (χ4n) is 1.44. The van der Waals surface area contributed by atoms with Gasteiger partial charge in [0.05, 0.1) is 0 Å². The van der Waals surface area contributed by atoms with Crippen LogP contribution in [0.4, 0.5) is 0 Å².